The lowest BCUT2D eigenvalue weighted by Gasteiger charge is -2.36. The number of carbonyl (C=O) groups is 1. The summed E-state index contributed by atoms with van der Waals surface area (Å²) in [6.45, 7) is 8.02. The van der Waals surface area contributed by atoms with E-state index in [9.17, 15) is 4.79 Å². The van der Waals surface area contributed by atoms with Gasteiger partial charge >= 0.3 is 0 Å². The predicted molar refractivity (Wildman–Crippen MR) is 119 cm³/mol. The summed E-state index contributed by atoms with van der Waals surface area (Å²) in [5.41, 5.74) is 1.85. The molecule has 1 aliphatic heterocycles. The topological polar surface area (TPSA) is 48.0 Å². The summed E-state index contributed by atoms with van der Waals surface area (Å²) < 4.78 is 17.4. The van der Waals surface area contributed by atoms with Crippen molar-refractivity contribution < 1.29 is 19.0 Å². The zero-order valence-corrected chi connectivity index (χ0v) is 18.4. The Morgan fingerprint density at radius 1 is 0.933 bits per heavy atom. The van der Waals surface area contributed by atoms with Crippen LogP contribution in [0.1, 0.15) is 56.0 Å². The SMILES string of the molecule is CCOc1cc(C(=O)N2CCCCC2Cc2ccccc2)cc(OCC)c1OCC. The van der Waals surface area contributed by atoms with Gasteiger partial charge in [0, 0.05) is 18.2 Å². The van der Waals surface area contributed by atoms with E-state index in [0.717, 1.165) is 32.2 Å². The van der Waals surface area contributed by atoms with Gasteiger partial charge in [-0.3, -0.25) is 4.79 Å². The maximum absolute atomic E-state index is 13.6. The van der Waals surface area contributed by atoms with Crippen molar-refractivity contribution in [3.8, 4) is 17.2 Å². The van der Waals surface area contributed by atoms with E-state index in [1.165, 1.54) is 5.56 Å². The molecule has 0 bridgehead atoms. The van der Waals surface area contributed by atoms with E-state index in [4.69, 9.17) is 14.2 Å². The fourth-order valence-corrected chi connectivity index (χ4v) is 4.04. The average molecular weight is 412 g/mol. The molecule has 5 heteroatoms. The molecule has 1 fully saturated rings. The Hall–Kier alpha value is -2.69. The number of ether oxygens (including phenoxy) is 3. The van der Waals surface area contributed by atoms with Gasteiger partial charge in [-0.1, -0.05) is 30.3 Å². The minimum absolute atomic E-state index is 0.0283. The fourth-order valence-electron chi connectivity index (χ4n) is 4.04. The Morgan fingerprint density at radius 3 is 2.17 bits per heavy atom. The van der Waals surface area contributed by atoms with Gasteiger partial charge in [0.05, 0.1) is 19.8 Å². The van der Waals surface area contributed by atoms with Crippen molar-refractivity contribution >= 4 is 5.91 Å². The Bertz CT molecular complexity index is 794. The third kappa shape index (κ3) is 5.26. The summed E-state index contributed by atoms with van der Waals surface area (Å²) in [6.07, 6.45) is 4.08. The predicted octanol–water partition coefficient (Wildman–Crippen LogP) is 5.12. The zero-order valence-electron chi connectivity index (χ0n) is 18.4. The van der Waals surface area contributed by atoms with Crippen LogP contribution in [0.25, 0.3) is 0 Å². The molecule has 162 valence electrons. The van der Waals surface area contributed by atoms with Gasteiger partial charge in [-0.05, 0) is 64.2 Å². The van der Waals surface area contributed by atoms with Crippen molar-refractivity contribution in [3.05, 3.63) is 53.6 Å². The highest BCUT2D eigenvalue weighted by molar-refractivity contribution is 5.96. The molecule has 2 aromatic rings. The summed E-state index contributed by atoms with van der Waals surface area (Å²) in [6, 6.07) is 14.2. The van der Waals surface area contributed by atoms with Gasteiger partial charge in [-0.15, -0.1) is 0 Å². The molecule has 30 heavy (non-hydrogen) atoms. The minimum atomic E-state index is 0.0283. The molecule has 3 rings (SSSR count). The van der Waals surface area contributed by atoms with Gasteiger partial charge in [0.1, 0.15) is 0 Å². The van der Waals surface area contributed by atoms with E-state index in [-0.39, 0.29) is 11.9 Å². The molecule has 0 saturated carbocycles. The highest BCUT2D eigenvalue weighted by atomic mass is 16.5. The number of hydrogen-bond acceptors (Lipinski definition) is 4. The van der Waals surface area contributed by atoms with Crippen LogP contribution in [0.3, 0.4) is 0 Å². The molecule has 0 aromatic heterocycles. The minimum Gasteiger partial charge on any atom is -0.490 e. The van der Waals surface area contributed by atoms with Gasteiger partial charge in [0.2, 0.25) is 5.75 Å². The number of carbonyl (C=O) groups excluding carboxylic acids is 1. The van der Waals surface area contributed by atoms with Crippen LogP contribution in [-0.4, -0.2) is 43.2 Å². The third-order valence-corrected chi connectivity index (χ3v) is 5.36. The Labute approximate surface area is 179 Å². The van der Waals surface area contributed by atoms with E-state index in [1.54, 1.807) is 12.1 Å². The lowest BCUT2D eigenvalue weighted by molar-refractivity contribution is 0.0612. The molecule has 1 unspecified atom stereocenters. The van der Waals surface area contributed by atoms with Crippen molar-refractivity contribution in [3.63, 3.8) is 0 Å². The highest BCUT2D eigenvalue weighted by Gasteiger charge is 2.29. The number of amides is 1. The third-order valence-electron chi connectivity index (χ3n) is 5.36. The molecule has 1 amide bonds. The molecule has 0 aliphatic carbocycles. The Kier molecular flexibility index (Phi) is 8.00. The van der Waals surface area contributed by atoms with Crippen molar-refractivity contribution in [1.82, 2.24) is 4.90 Å². The van der Waals surface area contributed by atoms with E-state index in [1.807, 2.05) is 31.7 Å². The van der Waals surface area contributed by atoms with Crippen LogP contribution in [0.4, 0.5) is 0 Å². The van der Waals surface area contributed by atoms with Gasteiger partial charge in [-0.25, -0.2) is 0 Å². The summed E-state index contributed by atoms with van der Waals surface area (Å²) in [5, 5.41) is 0. The van der Waals surface area contributed by atoms with Crippen LogP contribution in [0.2, 0.25) is 0 Å². The van der Waals surface area contributed by atoms with Crippen LogP contribution in [0.15, 0.2) is 42.5 Å². The van der Waals surface area contributed by atoms with Gasteiger partial charge in [0.15, 0.2) is 11.5 Å². The molecule has 0 spiro atoms. The Morgan fingerprint density at radius 2 is 1.57 bits per heavy atom. The lowest BCUT2D eigenvalue weighted by atomic mass is 9.94. The van der Waals surface area contributed by atoms with Gasteiger partial charge in [0.25, 0.3) is 5.91 Å². The maximum Gasteiger partial charge on any atom is 0.254 e. The highest BCUT2D eigenvalue weighted by Crippen LogP contribution is 2.40. The number of benzene rings is 2. The molecule has 1 heterocycles. The molecular weight excluding hydrogens is 378 g/mol. The standard InChI is InChI=1S/C25H33NO4/c1-4-28-22-17-20(18-23(29-5-2)24(22)30-6-3)25(27)26-15-11-10-14-21(26)16-19-12-8-7-9-13-19/h7-9,12-13,17-18,21H,4-6,10-11,14-16H2,1-3H3. The molecular formula is C25H33NO4. The first-order valence-corrected chi connectivity index (χ1v) is 11.1. The second-order valence-corrected chi connectivity index (χ2v) is 7.44. The smallest absolute Gasteiger partial charge is 0.254 e. The average Bonchev–Trinajstić information content (AvgIpc) is 2.77. The van der Waals surface area contributed by atoms with Crippen LogP contribution < -0.4 is 14.2 Å². The van der Waals surface area contributed by atoms with Crippen LogP contribution >= 0.6 is 0 Å². The first-order valence-electron chi connectivity index (χ1n) is 11.1. The van der Waals surface area contributed by atoms with Crippen LogP contribution in [0.5, 0.6) is 17.2 Å². The molecule has 2 aromatic carbocycles. The van der Waals surface area contributed by atoms with E-state index in [0.29, 0.717) is 42.6 Å². The first kappa shape index (κ1) is 22.0. The normalized spacial score (nSPS) is 16.2. The number of rotatable bonds is 9. The molecule has 1 saturated heterocycles. The molecule has 5 nitrogen and oxygen atoms in total. The maximum atomic E-state index is 13.6. The summed E-state index contributed by atoms with van der Waals surface area (Å²) in [4.78, 5) is 15.6. The van der Waals surface area contributed by atoms with Crippen molar-refractivity contribution in [2.45, 2.75) is 52.5 Å². The van der Waals surface area contributed by atoms with Crippen LogP contribution in [0, 0.1) is 0 Å². The van der Waals surface area contributed by atoms with E-state index < -0.39 is 0 Å². The second kappa shape index (κ2) is 10.9. The van der Waals surface area contributed by atoms with Crippen molar-refractivity contribution in [2.75, 3.05) is 26.4 Å². The summed E-state index contributed by atoms with van der Waals surface area (Å²) >= 11 is 0. The lowest BCUT2D eigenvalue weighted by Crippen LogP contribution is -2.44. The largest absolute Gasteiger partial charge is 0.490 e. The monoisotopic (exact) mass is 411 g/mol. The number of hydrogen-bond donors (Lipinski definition) is 0. The fraction of sp³-hybridized carbons (Fsp3) is 0.480. The summed E-state index contributed by atoms with van der Waals surface area (Å²) in [5.74, 6) is 1.72. The molecule has 0 N–H and O–H groups in total. The first-order chi connectivity index (χ1) is 14.7. The Balaban J connectivity index is 1.91. The number of likely N-dealkylation sites (tertiary alicyclic amines) is 1. The molecule has 0 radical (unpaired) electrons. The van der Waals surface area contributed by atoms with Crippen molar-refractivity contribution in [1.29, 1.82) is 0 Å². The van der Waals surface area contributed by atoms with Gasteiger partial charge < -0.3 is 19.1 Å². The molecule has 1 aliphatic rings. The molecule has 1 atom stereocenters. The quantitative estimate of drug-likeness (QED) is 0.575. The van der Waals surface area contributed by atoms with Crippen LogP contribution in [-0.2, 0) is 6.42 Å². The van der Waals surface area contributed by atoms with Crippen molar-refractivity contribution in [2.24, 2.45) is 0 Å². The van der Waals surface area contributed by atoms with E-state index >= 15 is 0 Å². The number of piperidine rings is 1. The zero-order chi connectivity index (χ0) is 21.3. The van der Waals surface area contributed by atoms with E-state index in [2.05, 4.69) is 24.3 Å². The van der Waals surface area contributed by atoms with Gasteiger partial charge in [-0.2, -0.15) is 0 Å². The number of nitrogens with zero attached hydrogens (tertiary/aromatic N) is 1. The summed E-state index contributed by atoms with van der Waals surface area (Å²) in [7, 11) is 0. The second-order valence-electron chi connectivity index (χ2n) is 7.44.